The van der Waals surface area contributed by atoms with E-state index in [1.54, 1.807) is 0 Å². The number of aliphatic carboxylic acids is 1. The lowest BCUT2D eigenvalue weighted by Gasteiger charge is -2.20. The minimum absolute atomic E-state index is 0.128. The smallest absolute Gasteiger partial charge is 0.323 e. The Morgan fingerprint density at radius 1 is 1.40 bits per heavy atom. The first-order valence-electron chi connectivity index (χ1n) is 4.33. The number of hydrogen-bond donors (Lipinski definition) is 2. The SMILES string of the molecule is O=C(O)CN(Cc1ccccc1)C(=S)S. The third kappa shape index (κ3) is 4.31. The molecule has 0 aliphatic rings. The largest absolute Gasteiger partial charge is 0.480 e. The fraction of sp³-hybridized carbons (Fsp3) is 0.200. The lowest BCUT2D eigenvalue weighted by molar-refractivity contribution is -0.137. The molecule has 0 aromatic heterocycles. The van der Waals surface area contributed by atoms with Crippen LogP contribution in [0.2, 0.25) is 0 Å². The number of thiol groups is 1. The van der Waals surface area contributed by atoms with Crippen molar-refractivity contribution in [1.82, 2.24) is 4.90 Å². The van der Waals surface area contributed by atoms with E-state index in [4.69, 9.17) is 17.3 Å². The lowest BCUT2D eigenvalue weighted by Crippen LogP contribution is -2.31. The highest BCUT2D eigenvalue weighted by molar-refractivity contribution is 8.10. The van der Waals surface area contributed by atoms with Crippen LogP contribution in [-0.2, 0) is 11.3 Å². The van der Waals surface area contributed by atoms with Gasteiger partial charge in [-0.2, -0.15) is 0 Å². The van der Waals surface area contributed by atoms with Gasteiger partial charge < -0.3 is 10.0 Å². The van der Waals surface area contributed by atoms with Gasteiger partial charge in [0.2, 0.25) is 0 Å². The number of hydrogen-bond acceptors (Lipinski definition) is 2. The van der Waals surface area contributed by atoms with Crippen molar-refractivity contribution in [3.05, 3.63) is 35.9 Å². The Bertz CT molecular complexity index is 354. The van der Waals surface area contributed by atoms with E-state index >= 15 is 0 Å². The van der Waals surface area contributed by atoms with E-state index in [2.05, 4.69) is 12.6 Å². The van der Waals surface area contributed by atoms with Crippen molar-refractivity contribution in [2.24, 2.45) is 0 Å². The fourth-order valence-electron chi connectivity index (χ4n) is 1.16. The zero-order valence-corrected chi connectivity index (χ0v) is 9.67. The number of thiocarbonyl (C=S) groups is 1. The third-order valence-electron chi connectivity index (χ3n) is 1.81. The molecule has 80 valence electrons. The summed E-state index contributed by atoms with van der Waals surface area (Å²) in [5.41, 5.74) is 1.01. The van der Waals surface area contributed by atoms with E-state index < -0.39 is 5.97 Å². The van der Waals surface area contributed by atoms with Gasteiger partial charge in [0.15, 0.2) is 0 Å². The normalized spacial score (nSPS) is 9.67. The van der Waals surface area contributed by atoms with Crippen LogP contribution in [0.15, 0.2) is 30.3 Å². The summed E-state index contributed by atoms with van der Waals surface area (Å²) in [6.07, 6.45) is 0. The molecule has 1 rings (SSSR count). The molecule has 1 aromatic rings. The molecule has 0 amide bonds. The summed E-state index contributed by atoms with van der Waals surface area (Å²) in [4.78, 5) is 12.1. The molecule has 0 unspecified atom stereocenters. The number of carboxylic acid groups (broad SMARTS) is 1. The maximum atomic E-state index is 10.6. The Morgan fingerprint density at radius 2 is 2.00 bits per heavy atom. The first-order valence-corrected chi connectivity index (χ1v) is 5.18. The quantitative estimate of drug-likeness (QED) is 0.623. The average Bonchev–Trinajstić information content (AvgIpc) is 2.17. The van der Waals surface area contributed by atoms with Crippen molar-refractivity contribution in [3.63, 3.8) is 0 Å². The summed E-state index contributed by atoms with van der Waals surface area (Å²) in [5.74, 6) is -0.915. The Hall–Kier alpha value is -1.07. The summed E-state index contributed by atoms with van der Waals surface area (Å²) in [6, 6.07) is 9.54. The van der Waals surface area contributed by atoms with Gasteiger partial charge in [-0.1, -0.05) is 42.5 Å². The highest BCUT2D eigenvalue weighted by Gasteiger charge is 2.10. The molecule has 5 heteroatoms. The minimum Gasteiger partial charge on any atom is -0.480 e. The van der Waals surface area contributed by atoms with Crippen LogP contribution < -0.4 is 0 Å². The maximum Gasteiger partial charge on any atom is 0.323 e. The van der Waals surface area contributed by atoms with Crippen LogP contribution in [0.1, 0.15) is 5.56 Å². The van der Waals surface area contributed by atoms with Crippen LogP contribution in [0.4, 0.5) is 0 Å². The fourth-order valence-corrected chi connectivity index (χ4v) is 1.43. The van der Waals surface area contributed by atoms with Gasteiger partial charge in [-0.3, -0.25) is 4.79 Å². The molecule has 0 bridgehead atoms. The molecule has 0 aliphatic heterocycles. The van der Waals surface area contributed by atoms with Gasteiger partial charge in [-0.15, -0.1) is 12.6 Å². The van der Waals surface area contributed by atoms with E-state index in [1.165, 1.54) is 4.90 Å². The molecule has 15 heavy (non-hydrogen) atoms. The summed E-state index contributed by atoms with van der Waals surface area (Å²) in [5, 5.41) is 8.68. The molecule has 0 saturated carbocycles. The molecule has 1 N–H and O–H groups in total. The van der Waals surface area contributed by atoms with E-state index in [-0.39, 0.29) is 6.54 Å². The molecule has 3 nitrogen and oxygen atoms in total. The van der Waals surface area contributed by atoms with Crippen LogP contribution in [0, 0.1) is 0 Å². The monoisotopic (exact) mass is 241 g/mol. The number of benzene rings is 1. The molecule has 0 fully saturated rings. The molecule has 0 radical (unpaired) electrons. The molecule has 1 aromatic carbocycles. The maximum absolute atomic E-state index is 10.6. The van der Waals surface area contributed by atoms with Gasteiger partial charge in [-0.05, 0) is 5.56 Å². The second-order valence-corrected chi connectivity index (χ2v) is 4.13. The van der Waals surface area contributed by atoms with Crippen LogP contribution in [-0.4, -0.2) is 26.8 Å². The van der Waals surface area contributed by atoms with E-state index in [0.29, 0.717) is 10.9 Å². The van der Waals surface area contributed by atoms with Gasteiger partial charge in [0.25, 0.3) is 0 Å². The van der Waals surface area contributed by atoms with E-state index in [1.807, 2.05) is 30.3 Å². The number of rotatable bonds is 4. The van der Waals surface area contributed by atoms with Gasteiger partial charge >= 0.3 is 5.97 Å². The summed E-state index contributed by atoms with van der Waals surface area (Å²) in [6.45, 7) is 0.340. The molecule has 0 saturated heterocycles. The van der Waals surface area contributed by atoms with Gasteiger partial charge in [0.05, 0.1) is 0 Å². The van der Waals surface area contributed by atoms with Crippen molar-refractivity contribution in [2.75, 3.05) is 6.54 Å². The average molecular weight is 241 g/mol. The Kier molecular flexibility index (Phi) is 4.58. The van der Waals surface area contributed by atoms with Crippen molar-refractivity contribution in [3.8, 4) is 0 Å². The van der Waals surface area contributed by atoms with Crippen molar-refractivity contribution in [1.29, 1.82) is 0 Å². The number of carbonyl (C=O) groups is 1. The molecular weight excluding hydrogens is 230 g/mol. The van der Waals surface area contributed by atoms with E-state index in [0.717, 1.165) is 5.56 Å². The number of nitrogens with zero attached hydrogens (tertiary/aromatic N) is 1. The third-order valence-corrected chi connectivity index (χ3v) is 2.35. The topological polar surface area (TPSA) is 40.5 Å². The minimum atomic E-state index is -0.915. The van der Waals surface area contributed by atoms with Crippen LogP contribution >= 0.6 is 24.8 Å². The molecule has 0 aliphatic carbocycles. The molecular formula is C10H11NO2S2. The summed E-state index contributed by atoms with van der Waals surface area (Å²) < 4.78 is 0.293. The molecule has 0 spiro atoms. The summed E-state index contributed by atoms with van der Waals surface area (Å²) >= 11 is 8.85. The number of carboxylic acids is 1. The Morgan fingerprint density at radius 3 is 2.47 bits per heavy atom. The van der Waals surface area contributed by atoms with Crippen molar-refractivity contribution in [2.45, 2.75) is 6.54 Å². The predicted molar refractivity (Wildman–Crippen MR) is 66.1 cm³/mol. The van der Waals surface area contributed by atoms with Gasteiger partial charge in [-0.25, -0.2) is 0 Å². The zero-order chi connectivity index (χ0) is 11.3. The second-order valence-electron chi connectivity index (χ2n) is 3.02. The van der Waals surface area contributed by atoms with Crippen molar-refractivity contribution >= 4 is 35.1 Å². The van der Waals surface area contributed by atoms with Crippen LogP contribution in [0.5, 0.6) is 0 Å². The lowest BCUT2D eigenvalue weighted by atomic mass is 10.2. The first-order chi connectivity index (χ1) is 7.09. The van der Waals surface area contributed by atoms with Gasteiger partial charge in [0.1, 0.15) is 10.9 Å². The molecule has 0 heterocycles. The Labute approximate surface area is 99.1 Å². The highest BCUT2D eigenvalue weighted by atomic mass is 32.1. The molecule has 0 atom stereocenters. The highest BCUT2D eigenvalue weighted by Crippen LogP contribution is 2.06. The Balaban J connectivity index is 2.67. The van der Waals surface area contributed by atoms with E-state index in [9.17, 15) is 4.79 Å². The standard InChI is InChI=1S/C10H11NO2S2/c12-9(13)7-11(10(14)15)6-8-4-2-1-3-5-8/h1-5H,6-7H2,(H,12,13)(H,14,15). The van der Waals surface area contributed by atoms with Crippen molar-refractivity contribution < 1.29 is 9.90 Å². The zero-order valence-electron chi connectivity index (χ0n) is 7.96. The first kappa shape index (κ1) is 12.0. The van der Waals surface area contributed by atoms with Gasteiger partial charge in [0, 0.05) is 6.54 Å². The second kappa shape index (κ2) is 5.72. The van der Waals surface area contributed by atoms with Crippen LogP contribution in [0.3, 0.4) is 0 Å². The predicted octanol–water partition coefficient (Wildman–Crippen LogP) is 1.79. The van der Waals surface area contributed by atoms with Crippen LogP contribution in [0.25, 0.3) is 0 Å². The summed E-state index contributed by atoms with van der Waals surface area (Å²) in [7, 11) is 0.